The lowest BCUT2D eigenvalue weighted by atomic mass is 10.0. The third kappa shape index (κ3) is 3.84. The topological polar surface area (TPSA) is 44.3 Å². The van der Waals surface area contributed by atoms with E-state index in [2.05, 4.69) is 48.0 Å². The van der Waals surface area contributed by atoms with Crippen LogP contribution in [0.3, 0.4) is 0 Å². The Morgan fingerprint density at radius 3 is 2.52 bits per heavy atom. The van der Waals surface area contributed by atoms with Gasteiger partial charge >= 0.3 is 0 Å². The van der Waals surface area contributed by atoms with Crippen molar-refractivity contribution in [3.8, 4) is 0 Å². The monoisotopic (exact) mass is 291 g/mol. The fourth-order valence-electron chi connectivity index (χ4n) is 2.93. The summed E-state index contributed by atoms with van der Waals surface area (Å²) in [6.45, 7) is 9.55. The standard InChI is InChI=1S/C16H29N5/c1-6-9-17-15-12(2)16(19-13(3)18-15)21(5)14-7-10-20(4)11-8-14/h14H,6-11H2,1-5H3,(H,17,18,19). The lowest BCUT2D eigenvalue weighted by Crippen LogP contribution is -2.42. The third-order valence-corrected chi connectivity index (χ3v) is 4.34. The first-order valence-corrected chi connectivity index (χ1v) is 8.03. The first kappa shape index (κ1) is 16.0. The Morgan fingerprint density at radius 1 is 1.24 bits per heavy atom. The van der Waals surface area contributed by atoms with E-state index in [-0.39, 0.29) is 0 Å². The van der Waals surface area contributed by atoms with Crippen LogP contribution in [0, 0.1) is 13.8 Å². The van der Waals surface area contributed by atoms with Crippen molar-refractivity contribution in [1.82, 2.24) is 14.9 Å². The maximum Gasteiger partial charge on any atom is 0.137 e. The molecule has 118 valence electrons. The molecule has 1 saturated heterocycles. The number of likely N-dealkylation sites (tertiary alicyclic amines) is 1. The van der Waals surface area contributed by atoms with Crippen molar-refractivity contribution in [2.24, 2.45) is 0 Å². The highest BCUT2D eigenvalue weighted by Crippen LogP contribution is 2.27. The van der Waals surface area contributed by atoms with E-state index in [1.165, 1.54) is 25.9 Å². The van der Waals surface area contributed by atoms with Crippen LogP contribution in [-0.4, -0.2) is 54.6 Å². The van der Waals surface area contributed by atoms with Crippen LogP contribution < -0.4 is 10.2 Å². The summed E-state index contributed by atoms with van der Waals surface area (Å²) in [5, 5.41) is 3.42. The Hall–Kier alpha value is -1.36. The van der Waals surface area contributed by atoms with Gasteiger partial charge in [-0.05, 0) is 53.2 Å². The van der Waals surface area contributed by atoms with E-state index in [0.717, 1.165) is 36.0 Å². The number of piperidine rings is 1. The molecule has 0 atom stereocenters. The second kappa shape index (κ2) is 7.07. The van der Waals surface area contributed by atoms with Gasteiger partial charge in [-0.2, -0.15) is 0 Å². The van der Waals surface area contributed by atoms with Crippen molar-refractivity contribution < 1.29 is 0 Å². The largest absolute Gasteiger partial charge is 0.370 e. The van der Waals surface area contributed by atoms with Gasteiger partial charge in [-0.25, -0.2) is 9.97 Å². The first-order chi connectivity index (χ1) is 10.0. The summed E-state index contributed by atoms with van der Waals surface area (Å²) in [7, 11) is 4.37. The number of aryl methyl sites for hydroxylation is 1. The number of rotatable bonds is 5. The molecule has 1 aliphatic rings. The Labute approximate surface area is 128 Å². The van der Waals surface area contributed by atoms with Crippen LogP contribution >= 0.6 is 0 Å². The van der Waals surface area contributed by atoms with Gasteiger partial charge in [-0.1, -0.05) is 6.92 Å². The zero-order valence-electron chi connectivity index (χ0n) is 14.1. The molecule has 0 spiro atoms. The Balaban J connectivity index is 2.19. The predicted molar refractivity (Wildman–Crippen MR) is 89.2 cm³/mol. The van der Waals surface area contributed by atoms with Crippen molar-refractivity contribution >= 4 is 11.6 Å². The number of hydrogen-bond acceptors (Lipinski definition) is 5. The molecule has 0 aromatic carbocycles. The fraction of sp³-hybridized carbons (Fsp3) is 0.750. The first-order valence-electron chi connectivity index (χ1n) is 8.03. The quantitative estimate of drug-likeness (QED) is 0.903. The molecule has 2 rings (SSSR count). The van der Waals surface area contributed by atoms with E-state index < -0.39 is 0 Å². The maximum atomic E-state index is 4.70. The van der Waals surface area contributed by atoms with Gasteiger partial charge in [0.1, 0.15) is 17.5 Å². The summed E-state index contributed by atoms with van der Waals surface area (Å²) in [6, 6.07) is 0.577. The molecule has 5 nitrogen and oxygen atoms in total. The number of aromatic nitrogens is 2. The zero-order valence-corrected chi connectivity index (χ0v) is 14.1. The van der Waals surface area contributed by atoms with Crippen LogP contribution in [0.25, 0.3) is 0 Å². The molecule has 5 heteroatoms. The van der Waals surface area contributed by atoms with Crippen LogP contribution in [0.1, 0.15) is 37.6 Å². The van der Waals surface area contributed by atoms with Crippen LogP contribution in [0.2, 0.25) is 0 Å². The van der Waals surface area contributed by atoms with Crippen molar-refractivity contribution in [1.29, 1.82) is 0 Å². The highest BCUT2D eigenvalue weighted by atomic mass is 15.2. The number of nitrogens with zero attached hydrogens (tertiary/aromatic N) is 4. The van der Waals surface area contributed by atoms with E-state index in [9.17, 15) is 0 Å². The highest BCUT2D eigenvalue weighted by Gasteiger charge is 2.23. The van der Waals surface area contributed by atoms with Gasteiger partial charge in [0.2, 0.25) is 0 Å². The number of anilines is 2. The average molecular weight is 291 g/mol. The fourth-order valence-corrected chi connectivity index (χ4v) is 2.93. The molecule has 0 amide bonds. The highest BCUT2D eigenvalue weighted by molar-refractivity contribution is 5.58. The predicted octanol–water partition coefficient (Wildman–Crippen LogP) is 2.45. The van der Waals surface area contributed by atoms with Crippen LogP contribution in [0.4, 0.5) is 11.6 Å². The van der Waals surface area contributed by atoms with Crippen LogP contribution in [-0.2, 0) is 0 Å². The third-order valence-electron chi connectivity index (χ3n) is 4.34. The van der Waals surface area contributed by atoms with E-state index in [4.69, 9.17) is 4.98 Å². The summed E-state index contributed by atoms with van der Waals surface area (Å²) < 4.78 is 0. The summed E-state index contributed by atoms with van der Waals surface area (Å²) in [5.74, 6) is 2.91. The van der Waals surface area contributed by atoms with Crippen molar-refractivity contribution in [2.75, 3.05) is 43.9 Å². The SMILES string of the molecule is CCCNc1nc(C)nc(N(C)C2CCN(C)CC2)c1C. The van der Waals surface area contributed by atoms with Gasteiger partial charge in [0, 0.05) is 25.2 Å². The van der Waals surface area contributed by atoms with Gasteiger partial charge < -0.3 is 15.1 Å². The van der Waals surface area contributed by atoms with Gasteiger partial charge in [-0.15, -0.1) is 0 Å². The van der Waals surface area contributed by atoms with Crippen molar-refractivity contribution in [3.63, 3.8) is 0 Å². The van der Waals surface area contributed by atoms with Crippen molar-refractivity contribution in [2.45, 2.75) is 46.1 Å². The number of nitrogens with one attached hydrogen (secondary N) is 1. The minimum atomic E-state index is 0.577. The lowest BCUT2D eigenvalue weighted by molar-refractivity contribution is 0.252. The van der Waals surface area contributed by atoms with E-state index in [1.807, 2.05) is 6.92 Å². The van der Waals surface area contributed by atoms with Crippen LogP contribution in [0.15, 0.2) is 0 Å². The van der Waals surface area contributed by atoms with E-state index in [1.54, 1.807) is 0 Å². The van der Waals surface area contributed by atoms with Crippen LogP contribution in [0.5, 0.6) is 0 Å². The minimum Gasteiger partial charge on any atom is -0.370 e. The normalized spacial score (nSPS) is 17.0. The molecule has 2 heterocycles. The van der Waals surface area contributed by atoms with Gasteiger partial charge in [0.25, 0.3) is 0 Å². The molecule has 0 radical (unpaired) electrons. The molecule has 0 aliphatic carbocycles. The summed E-state index contributed by atoms with van der Waals surface area (Å²) in [5.41, 5.74) is 1.16. The maximum absolute atomic E-state index is 4.70. The molecular formula is C16H29N5. The Bertz CT molecular complexity index is 466. The second-order valence-electron chi connectivity index (χ2n) is 6.14. The molecule has 1 N–H and O–H groups in total. The lowest BCUT2D eigenvalue weighted by Gasteiger charge is -2.36. The van der Waals surface area contributed by atoms with Gasteiger partial charge in [0.05, 0.1) is 0 Å². The molecule has 1 aliphatic heterocycles. The van der Waals surface area contributed by atoms with Gasteiger partial charge in [0.15, 0.2) is 0 Å². The Morgan fingerprint density at radius 2 is 1.90 bits per heavy atom. The summed E-state index contributed by atoms with van der Waals surface area (Å²) >= 11 is 0. The van der Waals surface area contributed by atoms with E-state index in [0.29, 0.717) is 6.04 Å². The molecule has 0 saturated carbocycles. The second-order valence-corrected chi connectivity index (χ2v) is 6.14. The van der Waals surface area contributed by atoms with Crippen molar-refractivity contribution in [3.05, 3.63) is 11.4 Å². The molecule has 1 fully saturated rings. The number of hydrogen-bond donors (Lipinski definition) is 1. The van der Waals surface area contributed by atoms with E-state index >= 15 is 0 Å². The molecule has 0 bridgehead atoms. The molecular weight excluding hydrogens is 262 g/mol. The smallest absolute Gasteiger partial charge is 0.137 e. The summed E-state index contributed by atoms with van der Waals surface area (Å²) in [4.78, 5) is 14.0. The Kier molecular flexibility index (Phi) is 5.39. The minimum absolute atomic E-state index is 0.577. The molecule has 0 unspecified atom stereocenters. The molecule has 1 aromatic heterocycles. The zero-order chi connectivity index (χ0) is 15.4. The molecule has 1 aromatic rings. The molecule has 21 heavy (non-hydrogen) atoms. The summed E-state index contributed by atoms with van der Waals surface area (Å²) in [6.07, 6.45) is 3.50. The van der Waals surface area contributed by atoms with Gasteiger partial charge in [-0.3, -0.25) is 0 Å². The average Bonchev–Trinajstić information content (AvgIpc) is 2.48.